The Kier molecular flexibility index (Phi) is 10.6. The minimum absolute atomic E-state index is 0. The van der Waals surface area contributed by atoms with Gasteiger partial charge in [0.25, 0.3) is 0 Å². The van der Waals surface area contributed by atoms with Gasteiger partial charge in [-0.25, -0.2) is 25.3 Å². The molecule has 0 aliphatic carbocycles. The summed E-state index contributed by atoms with van der Waals surface area (Å²) in [5.41, 5.74) is 0. The van der Waals surface area contributed by atoms with Gasteiger partial charge in [-0.3, -0.25) is 0 Å². The van der Waals surface area contributed by atoms with E-state index in [9.17, 15) is 38.9 Å². The first kappa shape index (κ1) is 31.7. The molecule has 0 saturated carbocycles. The molecule has 0 bridgehead atoms. The Balaban J connectivity index is 0.00000363. The molecule has 0 aromatic heterocycles. The number of quaternary nitrogens is 3. The Morgan fingerprint density at radius 2 is 0.706 bits per heavy atom. The molecule has 0 atom stereocenters. The Hall–Kier alpha value is -2.30. The molecule has 12 N–H and O–H groups in total. The van der Waals surface area contributed by atoms with Gasteiger partial charge in [-0.2, -0.15) is 0 Å². The monoisotopic (exact) mass is 553 g/mol. The molecular formula is C18H24N3O9PS3. The van der Waals surface area contributed by atoms with Crippen molar-refractivity contribution in [1.82, 2.24) is 18.5 Å². The van der Waals surface area contributed by atoms with Crippen LogP contribution < -0.4 is 34.4 Å². The van der Waals surface area contributed by atoms with Crippen LogP contribution in [0.15, 0.2) is 87.5 Å². The molecular weight excluding hydrogens is 529 g/mol. The topological polar surface area (TPSA) is 281 Å². The van der Waals surface area contributed by atoms with Gasteiger partial charge in [0.15, 0.2) is 0 Å². The van der Waals surface area contributed by atoms with Crippen LogP contribution in [0.5, 0.6) is 0 Å². The van der Waals surface area contributed by atoms with Crippen LogP contribution in [-0.4, -0.2) is 38.9 Å². The van der Waals surface area contributed by atoms with Gasteiger partial charge in [-0.1, -0.05) is 36.4 Å². The van der Waals surface area contributed by atoms with Crippen molar-refractivity contribution in [3.8, 4) is 0 Å². The highest BCUT2D eigenvalue weighted by Crippen LogP contribution is 2.34. The van der Waals surface area contributed by atoms with Crippen LogP contribution in [0.1, 0.15) is 0 Å². The fraction of sp³-hybridized carbons (Fsp3) is 0. The van der Waals surface area contributed by atoms with E-state index in [0.29, 0.717) is 0 Å². The van der Waals surface area contributed by atoms with Crippen LogP contribution in [0, 0.1) is 0 Å². The first-order valence-corrected chi connectivity index (χ1v) is 13.8. The molecule has 0 aliphatic rings. The van der Waals surface area contributed by atoms with Crippen molar-refractivity contribution < 1.29 is 38.9 Å². The predicted molar refractivity (Wildman–Crippen MR) is 127 cm³/mol. The molecule has 3 rings (SSSR count). The molecule has 0 unspecified atom stereocenters. The van der Waals surface area contributed by atoms with Crippen molar-refractivity contribution in [3.63, 3.8) is 0 Å². The van der Waals surface area contributed by atoms with Gasteiger partial charge >= 0.3 is 0 Å². The molecule has 0 fully saturated rings. The van der Waals surface area contributed by atoms with Gasteiger partial charge in [0.05, 0.1) is 14.7 Å². The van der Waals surface area contributed by atoms with E-state index in [1.807, 2.05) is 0 Å². The zero-order chi connectivity index (χ0) is 23.0. The van der Waals surface area contributed by atoms with Crippen molar-refractivity contribution in [2.24, 2.45) is 0 Å². The maximum absolute atomic E-state index is 11.5. The van der Waals surface area contributed by atoms with Crippen molar-refractivity contribution in [1.29, 1.82) is 0 Å². The fourth-order valence-electron chi connectivity index (χ4n) is 2.78. The summed E-state index contributed by atoms with van der Waals surface area (Å²) in [4.78, 5) is -1.63. The van der Waals surface area contributed by atoms with E-state index >= 15 is 0 Å². The van der Waals surface area contributed by atoms with Gasteiger partial charge in [0, 0.05) is 0 Å². The SMILES string of the molecule is O=S(=O)([O-])c1cccc(P(c2cccc(S(=O)(=O)[O-])c2)c2cccc(S(=O)(=O)[O-])c2)c1.[NH4+].[NH4+].[NH4+]. The summed E-state index contributed by atoms with van der Waals surface area (Å²) in [6.45, 7) is 0. The Morgan fingerprint density at radius 1 is 0.471 bits per heavy atom. The van der Waals surface area contributed by atoms with E-state index in [2.05, 4.69) is 0 Å². The van der Waals surface area contributed by atoms with Crippen molar-refractivity contribution >= 4 is 54.2 Å². The van der Waals surface area contributed by atoms with Crippen LogP contribution in [0.2, 0.25) is 0 Å². The molecule has 0 spiro atoms. The molecule has 12 nitrogen and oxygen atoms in total. The molecule has 0 heterocycles. The summed E-state index contributed by atoms with van der Waals surface area (Å²) < 4.78 is 103. The fourth-order valence-corrected chi connectivity index (χ4v) is 7.00. The van der Waals surface area contributed by atoms with Gasteiger partial charge in [0.1, 0.15) is 30.4 Å². The van der Waals surface area contributed by atoms with E-state index in [4.69, 9.17) is 0 Å². The molecule has 16 heteroatoms. The zero-order valence-electron chi connectivity index (χ0n) is 18.3. The third kappa shape index (κ3) is 7.35. The second kappa shape index (κ2) is 11.4. The highest BCUT2D eigenvalue weighted by molar-refractivity contribution is 7.86. The van der Waals surface area contributed by atoms with Crippen LogP contribution in [0.4, 0.5) is 0 Å². The lowest BCUT2D eigenvalue weighted by Crippen LogP contribution is -2.23. The minimum Gasteiger partial charge on any atom is -0.744 e. The number of hydrogen-bond acceptors (Lipinski definition) is 9. The lowest BCUT2D eigenvalue weighted by Gasteiger charge is -2.22. The highest BCUT2D eigenvalue weighted by Gasteiger charge is 2.20. The number of benzene rings is 3. The Morgan fingerprint density at radius 3 is 0.912 bits per heavy atom. The van der Waals surface area contributed by atoms with E-state index in [1.54, 1.807) is 0 Å². The van der Waals surface area contributed by atoms with Crippen LogP contribution in [-0.2, 0) is 30.4 Å². The first-order valence-electron chi connectivity index (χ1n) is 8.25. The maximum atomic E-state index is 11.5. The average molecular weight is 554 g/mol. The summed E-state index contributed by atoms with van der Waals surface area (Å²) in [5.74, 6) is 0. The van der Waals surface area contributed by atoms with Crippen molar-refractivity contribution in [2.45, 2.75) is 14.7 Å². The standard InChI is InChI=1S/C18H15O9PS3.3H3N/c19-29(20,21)16-7-1-4-13(10-16)28(14-5-2-8-17(11-14)30(22,23)24)15-6-3-9-18(12-15)31(25,26)27;;;/h1-12H,(H,19,20,21)(H,22,23,24)(H,25,26,27);3*1H3. The molecule has 0 amide bonds. The van der Waals surface area contributed by atoms with Gasteiger partial charge in [-0.15, -0.1) is 0 Å². The minimum atomic E-state index is -4.82. The number of hydrogen-bond donors (Lipinski definition) is 3. The van der Waals surface area contributed by atoms with Crippen LogP contribution >= 0.6 is 7.92 Å². The van der Waals surface area contributed by atoms with E-state index in [1.165, 1.54) is 36.4 Å². The third-order valence-electron chi connectivity index (χ3n) is 4.09. The van der Waals surface area contributed by atoms with Crippen LogP contribution in [0.3, 0.4) is 0 Å². The van der Waals surface area contributed by atoms with Crippen molar-refractivity contribution in [3.05, 3.63) is 72.8 Å². The normalized spacial score (nSPS) is 11.6. The second-order valence-corrected chi connectivity index (χ2v) is 12.5. The molecule has 0 aliphatic heterocycles. The largest absolute Gasteiger partial charge is 0.744 e. The van der Waals surface area contributed by atoms with E-state index in [0.717, 1.165) is 36.4 Å². The van der Waals surface area contributed by atoms with E-state index in [-0.39, 0.29) is 34.4 Å². The number of rotatable bonds is 6. The second-order valence-electron chi connectivity index (χ2n) is 6.19. The maximum Gasteiger partial charge on any atom is 0.124 e. The molecule has 0 saturated heterocycles. The summed E-state index contributed by atoms with van der Waals surface area (Å²) in [6, 6.07) is 14.8. The summed E-state index contributed by atoms with van der Waals surface area (Å²) >= 11 is 0. The lowest BCUT2D eigenvalue weighted by atomic mass is 10.3. The van der Waals surface area contributed by atoms with Gasteiger partial charge < -0.3 is 32.1 Å². The summed E-state index contributed by atoms with van der Waals surface area (Å²) in [5, 5.41) is 0.772. The highest BCUT2D eigenvalue weighted by atomic mass is 32.2. The average Bonchev–Trinajstić information content (AvgIpc) is 2.67. The van der Waals surface area contributed by atoms with E-state index < -0.39 is 53.0 Å². The molecule has 3 aromatic rings. The zero-order valence-corrected chi connectivity index (χ0v) is 21.6. The first-order chi connectivity index (χ1) is 14.3. The molecule has 34 heavy (non-hydrogen) atoms. The van der Waals surface area contributed by atoms with Gasteiger partial charge in [-0.05, 0) is 60.2 Å². The summed E-state index contributed by atoms with van der Waals surface area (Å²) in [6.07, 6.45) is 0. The third-order valence-corrected chi connectivity index (χ3v) is 8.97. The van der Waals surface area contributed by atoms with Crippen LogP contribution in [0.25, 0.3) is 0 Å². The van der Waals surface area contributed by atoms with Crippen molar-refractivity contribution in [2.75, 3.05) is 0 Å². The smallest absolute Gasteiger partial charge is 0.124 e. The van der Waals surface area contributed by atoms with Gasteiger partial charge in [0.2, 0.25) is 0 Å². The summed E-state index contributed by atoms with van der Waals surface area (Å²) in [7, 11) is -16.3. The Bertz CT molecular complexity index is 1300. The predicted octanol–water partition coefficient (Wildman–Crippen LogP) is 1.29. The molecule has 3 aromatic carbocycles. The Labute approximate surface area is 198 Å². The lowest BCUT2D eigenvalue weighted by molar-refractivity contribution is 0.461. The quantitative estimate of drug-likeness (QED) is 0.292. The molecule has 188 valence electrons. The molecule has 0 radical (unpaired) electrons.